The van der Waals surface area contributed by atoms with Crippen molar-refractivity contribution >= 4 is 35.0 Å². The maximum atomic E-state index is 6.09. The Labute approximate surface area is 142 Å². The van der Waals surface area contributed by atoms with Gasteiger partial charge in [0.05, 0.1) is 5.69 Å². The van der Waals surface area contributed by atoms with Gasteiger partial charge in [0.1, 0.15) is 0 Å². The van der Waals surface area contributed by atoms with Crippen LogP contribution in [0.4, 0.5) is 0 Å². The molecular weight excluding hydrogens is 335 g/mol. The van der Waals surface area contributed by atoms with Crippen LogP contribution in [0, 0.1) is 0 Å². The third-order valence-corrected chi connectivity index (χ3v) is 5.14. The third kappa shape index (κ3) is 2.50. The number of hydrogen-bond donors (Lipinski definition) is 0. The van der Waals surface area contributed by atoms with E-state index in [1.165, 1.54) is 4.90 Å². The highest BCUT2D eigenvalue weighted by molar-refractivity contribution is 7.98. The van der Waals surface area contributed by atoms with Crippen LogP contribution in [-0.2, 0) is 5.75 Å². The first kappa shape index (κ1) is 14.1. The number of thioether (sulfide) groups is 1. The SMILES string of the molecule is Clc1ccc(-c2ncc3c(n2)-c2ccc(Cl)cc2SC3)cc1. The summed E-state index contributed by atoms with van der Waals surface area (Å²) in [5, 5.41) is 1.46. The highest BCUT2D eigenvalue weighted by Gasteiger charge is 2.19. The second-order valence-corrected chi connectivity index (χ2v) is 6.89. The van der Waals surface area contributed by atoms with Gasteiger partial charge in [0.25, 0.3) is 0 Å². The molecule has 4 rings (SSSR count). The van der Waals surface area contributed by atoms with E-state index in [4.69, 9.17) is 28.2 Å². The van der Waals surface area contributed by atoms with Crippen LogP contribution in [0.3, 0.4) is 0 Å². The molecule has 0 bridgehead atoms. The Bertz CT molecular complexity index is 863. The lowest BCUT2D eigenvalue weighted by Gasteiger charge is -2.18. The van der Waals surface area contributed by atoms with E-state index in [-0.39, 0.29) is 0 Å². The Kier molecular flexibility index (Phi) is 3.57. The molecule has 5 heteroatoms. The smallest absolute Gasteiger partial charge is 0.159 e. The topological polar surface area (TPSA) is 25.8 Å². The molecule has 2 nitrogen and oxygen atoms in total. The minimum atomic E-state index is 0.707. The van der Waals surface area contributed by atoms with Crippen molar-refractivity contribution in [1.82, 2.24) is 9.97 Å². The van der Waals surface area contributed by atoms with E-state index in [2.05, 4.69) is 4.98 Å². The second kappa shape index (κ2) is 5.58. The Morgan fingerprint density at radius 2 is 1.73 bits per heavy atom. The summed E-state index contributed by atoms with van der Waals surface area (Å²) in [7, 11) is 0. The second-order valence-electron chi connectivity index (χ2n) is 5.00. The van der Waals surface area contributed by atoms with Crippen LogP contribution in [0.1, 0.15) is 5.56 Å². The van der Waals surface area contributed by atoms with Gasteiger partial charge in [-0.25, -0.2) is 9.97 Å². The predicted molar refractivity (Wildman–Crippen MR) is 92.5 cm³/mol. The molecule has 0 unspecified atom stereocenters. The monoisotopic (exact) mass is 344 g/mol. The van der Waals surface area contributed by atoms with Gasteiger partial charge in [-0.05, 0) is 36.4 Å². The molecule has 22 heavy (non-hydrogen) atoms. The molecule has 2 aromatic carbocycles. The number of halogens is 2. The molecule has 2 heterocycles. The quantitative estimate of drug-likeness (QED) is 0.564. The first-order chi connectivity index (χ1) is 10.7. The maximum absolute atomic E-state index is 6.09. The number of fused-ring (bicyclic) bond motifs is 3. The molecule has 0 fully saturated rings. The summed E-state index contributed by atoms with van der Waals surface area (Å²) in [5.74, 6) is 1.58. The minimum absolute atomic E-state index is 0.707. The molecule has 0 radical (unpaired) electrons. The van der Waals surface area contributed by atoms with E-state index in [0.29, 0.717) is 10.8 Å². The van der Waals surface area contributed by atoms with Gasteiger partial charge < -0.3 is 0 Å². The fraction of sp³-hybridized carbons (Fsp3) is 0.0588. The van der Waals surface area contributed by atoms with Crippen molar-refractivity contribution in [2.24, 2.45) is 0 Å². The van der Waals surface area contributed by atoms with Crippen molar-refractivity contribution in [3.63, 3.8) is 0 Å². The van der Waals surface area contributed by atoms with Gasteiger partial charge in [-0.2, -0.15) is 0 Å². The third-order valence-electron chi connectivity index (χ3n) is 3.55. The molecule has 0 aliphatic carbocycles. The zero-order valence-corrected chi connectivity index (χ0v) is 13.7. The van der Waals surface area contributed by atoms with Crippen molar-refractivity contribution in [3.05, 3.63) is 64.3 Å². The normalized spacial score (nSPS) is 12.6. The van der Waals surface area contributed by atoms with E-state index >= 15 is 0 Å². The minimum Gasteiger partial charge on any atom is -0.236 e. The van der Waals surface area contributed by atoms with Crippen molar-refractivity contribution in [3.8, 4) is 22.6 Å². The zero-order valence-electron chi connectivity index (χ0n) is 11.4. The van der Waals surface area contributed by atoms with Gasteiger partial charge in [0.2, 0.25) is 0 Å². The molecule has 0 saturated heterocycles. The van der Waals surface area contributed by atoms with Crippen molar-refractivity contribution in [2.75, 3.05) is 0 Å². The molecule has 0 amide bonds. The van der Waals surface area contributed by atoms with Crippen molar-refractivity contribution in [2.45, 2.75) is 10.6 Å². The summed E-state index contributed by atoms with van der Waals surface area (Å²) in [6.45, 7) is 0. The standard InChI is InChI=1S/C17H10Cl2N2S/c18-12-3-1-10(2-4-12)17-20-8-11-9-22-15-7-13(19)5-6-14(15)16(11)21-17/h1-8H,9H2. The van der Waals surface area contributed by atoms with Crippen LogP contribution in [-0.4, -0.2) is 9.97 Å². The number of benzene rings is 2. The van der Waals surface area contributed by atoms with E-state index in [0.717, 1.165) is 33.2 Å². The van der Waals surface area contributed by atoms with E-state index in [1.54, 1.807) is 11.8 Å². The molecule has 108 valence electrons. The van der Waals surface area contributed by atoms with Gasteiger partial charge in [-0.1, -0.05) is 29.3 Å². The van der Waals surface area contributed by atoms with Gasteiger partial charge in [0, 0.05) is 43.6 Å². The van der Waals surface area contributed by atoms with Crippen molar-refractivity contribution < 1.29 is 0 Å². The summed E-state index contributed by atoms with van der Waals surface area (Å²) < 4.78 is 0. The average molecular weight is 345 g/mol. The molecule has 0 spiro atoms. The Morgan fingerprint density at radius 1 is 0.955 bits per heavy atom. The molecule has 1 aliphatic heterocycles. The molecule has 0 saturated carbocycles. The molecule has 3 aromatic rings. The maximum Gasteiger partial charge on any atom is 0.159 e. The first-order valence-corrected chi connectivity index (χ1v) is 8.49. The van der Waals surface area contributed by atoms with E-state index in [1.807, 2.05) is 48.7 Å². The first-order valence-electron chi connectivity index (χ1n) is 6.75. The van der Waals surface area contributed by atoms with Gasteiger partial charge in [-0.15, -0.1) is 11.8 Å². The van der Waals surface area contributed by atoms with Crippen LogP contribution >= 0.6 is 35.0 Å². The summed E-state index contributed by atoms with van der Waals surface area (Å²) in [5.41, 5.74) is 4.22. The van der Waals surface area contributed by atoms with E-state index < -0.39 is 0 Å². The fourth-order valence-electron chi connectivity index (χ4n) is 2.45. The highest BCUT2D eigenvalue weighted by atomic mass is 35.5. The molecule has 0 atom stereocenters. The van der Waals surface area contributed by atoms with Gasteiger partial charge in [0.15, 0.2) is 5.82 Å². The lowest BCUT2D eigenvalue weighted by molar-refractivity contribution is 1.11. The molecule has 0 N–H and O–H groups in total. The molecule has 1 aliphatic rings. The average Bonchev–Trinajstić information content (AvgIpc) is 2.54. The van der Waals surface area contributed by atoms with Gasteiger partial charge >= 0.3 is 0 Å². The van der Waals surface area contributed by atoms with Crippen LogP contribution in [0.25, 0.3) is 22.6 Å². The van der Waals surface area contributed by atoms with Crippen molar-refractivity contribution in [1.29, 1.82) is 0 Å². The van der Waals surface area contributed by atoms with Crippen LogP contribution < -0.4 is 0 Å². The van der Waals surface area contributed by atoms with E-state index in [9.17, 15) is 0 Å². The Balaban J connectivity index is 1.85. The fourth-order valence-corrected chi connectivity index (χ4v) is 3.87. The lowest BCUT2D eigenvalue weighted by atomic mass is 10.1. The number of nitrogens with zero attached hydrogens (tertiary/aromatic N) is 2. The summed E-state index contributed by atoms with van der Waals surface area (Å²) >= 11 is 13.8. The number of aromatic nitrogens is 2. The summed E-state index contributed by atoms with van der Waals surface area (Å²) in [4.78, 5) is 10.4. The molecule has 1 aromatic heterocycles. The zero-order chi connectivity index (χ0) is 15.1. The molecular formula is C17H10Cl2N2S. The number of hydrogen-bond acceptors (Lipinski definition) is 3. The lowest BCUT2D eigenvalue weighted by Crippen LogP contribution is -2.02. The number of rotatable bonds is 1. The summed E-state index contributed by atoms with van der Waals surface area (Å²) in [6, 6.07) is 13.5. The van der Waals surface area contributed by atoms with Crippen LogP contribution in [0.2, 0.25) is 10.0 Å². The Hall–Kier alpha value is -1.55. The largest absolute Gasteiger partial charge is 0.236 e. The van der Waals surface area contributed by atoms with Crippen LogP contribution in [0.15, 0.2) is 53.6 Å². The Morgan fingerprint density at radius 3 is 2.55 bits per heavy atom. The summed E-state index contributed by atoms with van der Waals surface area (Å²) in [6.07, 6.45) is 1.91. The predicted octanol–water partition coefficient (Wildman–Crippen LogP) is 5.72. The highest BCUT2D eigenvalue weighted by Crippen LogP contribution is 2.41. The van der Waals surface area contributed by atoms with Gasteiger partial charge in [-0.3, -0.25) is 0 Å². The van der Waals surface area contributed by atoms with Crippen LogP contribution in [0.5, 0.6) is 0 Å².